The molecule has 1 aromatic rings. The van der Waals surface area contributed by atoms with Crippen molar-refractivity contribution in [3.63, 3.8) is 0 Å². The number of alkyl halides is 1. The maximum absolute atomic E-state index is 11.5. The SMILES string of the molecule is CCOC(=O)c1cc(CC(=O)CBr)ccc1O. The van der Waals surface area contributed by atoms with Crippen LogP contribution in [0.25, 0.3) is 0 Å². The van der Waals surface area contributed by atoms with Gasteiger partial charge in [-0.25, -0.2) is 4.79 Å². The minimum absolute atomic E-state index is 0.00509. The predicted octanol–water partition coefficient (Wildman–Crippen LogP) is 2.08. The third-order valence-electron chi connectivity index (χ3n) is 2.11. The van der Waals surface area contributed by atoms with Crippen LogP contribution in [0.15, 0.2) is 18.2 Å². The summed E-state index contributed by atoms with van der Waals surface area (Å²) < 4.78 is 4.80. The molecule has 0 atom stereocenters. The van der Waals surface area contributed by atoms with Crippen LogP contribution in [0.1, 0.15) is 22.8 Å². The molecular formula is C12H13BrO4. The van der Waals surface area contributed by atoms with Crippen LogP contribution in [0.2, 0.25) is 0 Å². The lowest BCUT2D eigenvalue weighted by Gasteiger charge is -2.06. The lowest BCUT2D eigenvalue weighted by molar-refractivity contribution is -0.115. The van der Waals surface area contributed by atoms with E-state index in [4.69, 9.17) is 4.74 Å². The highest BCUT2D eigenvalue weighted by molar-refractivity contribution is 9.09. The molecule has 0 heterocycles. The Labute approximate surface area is 108 Å². The van der Waals surface area contributed by atoms with Gasteiger partial charge < -0.3 is 9.84 Å². The van der Waals surface area contributed by atoms with E-state index in [1.807, 2.05) is 0 Å². The average Bonchev–Trinajstić information content (AvgIpc) is 2.31. The first-order valence-corrected chi connectivity index (χ1v) is 6.27. The van der Waals surface area contributed by atoms with Gasteiger partial charge >= 0.3 is 5.97 Å². The topological polar surface area (TPSA) is 63.6 Å². The minimum Gasteiger partial charge on any atom is -0.507 e. The minimum atomic E-state index is -0.585. The molecule has 0 bridgehead atoms. The predicted molar refractivity (Wildman–Crippen MR) is 66.6 cm³/mol. The summed E-state index contributed by atoms with van der Waals surface area (Å²) in [6.07, 6.45) is 0.220. The van der Waals surface area contributed by atoms with Crippen LogP contribution >= 0.6 is 15.9 Å². The molecule has 0 saturated heterocycles. The molecule has 4 nitrogen and oxygen atoms in total. The molecule has 0 aliphatic rings. The van der Waals surface area contributed by atoms with E-state index in [-0.39, 0.29) is 35.5 Å². The number of aromatic hydroxyl groups is 1. The van der Waals surface area contributed by atoms with Gasteiger partial charge in [-0.1, -0.05) is 22.0 Å². The van der Waals surface area contributed by atoms with Gasteiger partial charge in [0.2, 0.25) is 0 Å². The number of hydrogen-bond donors (Lipinski definition) is 1. The van der Waals surface area contributed by atoms with E-state index in [0.29, 0.717) is 5.56 Å². The van der Waals surface area contributed by atoms with E-state index < -0.39 is 5.97 Å². The zero-order chi connectivity index (χ0) is 12.8. The van der Waals surface area contributed by atoms with Gasteiger partial charge in [0.05, 0.1) is 11.9 Å². The summed E-state index contributed by atoms with van der Waals surface area (Å²) in [5.74, 6) is -0.720. The first-order chi connectivity index (χ1) is 8.08. The number of carbonyl (C=O) groups excluding carboxylic acids is 2. The molecule has 0 unspecified atom stereocenters. The summed E-state index contributed by atoms with van der Waals surface area (Å²) >= 11 is 3.07. The van der Waals surface area contributed by atoms with E-state index in [1.165, 1.54) is 12.1 Å². The zero-order valence-corrected chi connectivity index (χ0v) is 11.0. The van der Waals surface area contributed by atoms with Crippen molar-refractivity contribution in [2.45, 2.75) is 13.3 Å². The van der Waals surface area contributed by atoms with Crippen molar-refractivity contribution in [2.24, 2.45) is 0 Å². The van der Waals surface area contributed by atoms with E-state index in [2.05, 4.69) is 15.9 Å². The molecule has 0 amide bonds. The van der Waals surface area contributed by atoms with Gasteiger partial charge in [-0.3, -0.25) is 4.79 Å². The summed E-state index contributed by atoms with van der Waals surface area (Å²) in [5, 5.41) is 9.79. The second kappa shape index (κ2) is 6.39. The van der Waals surface area contributed by atoms with Crippen molar-refractivity contribution in [2.75, 3.05) is 11.9 Å². The molecule has 1 rings (SSSR count). The number of esters is 1. The number of phenolic OH excluding ortho intramolecular Hbond substituents is 1. The molecule has 0 radical (unpaired) electrons. The van der Waals surface area contributed by atoms with Crippen LogP contribution in [0.3, 0.4) is 0 Å². The van der Waals surface area contributed by atoms with Crippen LogP contribution in [0.5, 0.6) is 5.75 Å². The van der Waals surface area contributed by atoms with E-state index in [0.717, 1.165) is 0 Å². The van der Waals surface area contributed by atoms with Gasteiger partial charge in [-0.2, -0.15) is 0 Å². The van der Waals surface area contributed by atoms with Crippen LogP contribution in [-0.4, -0.2) is 28.8 Å². The van der Waals surface area contributed by atoms with Crippen molar-refractivity contribution in [1.29, 1.82) is 0 Å². The molecule has 5 heteroatoms. The second-order valence-electron chi connectivity index (χ2n) is 3.42. The molecule has 0 aliphatic carbocycles. The van der Waals surface area contributed by atoms with Gasteiger partial charge in [0.1, 0.15) is 17.1 Å². The molecule has 0 saturated carbocycles. The standard InChI is InChI=1S/C12H13BrO4/c1-2-17-12(16)10-6-8(3-4-11(10)15)5-9(14)7-13/h3-4,6,15H,2,5,7H2,1H3. The van der Waals surface area contributed by atoms with Gasteiger partial charge in [0, 0.05) is 6.42 Å². The van der Waals surface area contributed by atoms with Crippen LogP contribution in [-0.2, 0) is 16.0 Å². The third kappa shape index (κ3) is 3.85. The number of Topliss-reactive ketones (excluding diaryl/α,β-unsaturated/α-hetero) is 1. The second-order valence-corrected chi connectivity index (χ2v) is 3.98. The first-order valence-electron chi connectivity index (χ1n) is 5.15. The molecule has 17 heavy (non-hydrogen) atoms. The number of benzene rings is 1. The van der Waals surface area contributed by atoms with Crippen molar-refractivity contribution in [3.05, 3.63) is 29.3 Å². The lowest BCUT2D eigenvalue weighted by atomic mass is 10.1. The van der Waals surface area contributed by atoms with E-state index in [9.17, 15) is 14.7 Å². The molecule has 0 fully saturated rings. The van der Waals surface area contributed by atoms with Crippen LogP contribution in [0, 0.1) is 0 Å². The summed E-state index contributed by atoms with van der Waals surface area (Å²) in [5.41, 5.74) is 0.766. The molecule has 92 valence electrons. The Morgan fingerprint density at radius 3 is 2.71 bits per heavy atom. The molecule has 0 aromatic heterocycles. The van der Waals surface area contributed by atoms with Crippen LogP contribution in [0.4, 0.5) is 0 Å². The summed E-state index contributed by atoms with van der Waals surface area (Å²) in [6, 6.07) is 4.48. The fraction of sp³-hybridized carbons (Fsp3) is 0.333. The number of ether oxygens (including phenoxy) is 1. The van der Waals surface area contributed by atoms with Gasteiger partial charge in [0.15, 0.2) is 0 Å². The molecule has 1 N–H and O–H groups in total. The summed E-state index contributed by atoms with van der Waals surface area (Å²) in [6.45, 7) is 1.93. The van der Waals surface area contributed by atoms with Gasteiger partial charge in [-0.15, -0.1) is 0 Å². The van der Waals surface area contributed by atoms with Crippen molar-refractivity contribution < 1.29 is 19.4 Å². The Bertz CT molecular complexity index is 429. The number of hydrogen-bond acceptors (Lipinski definition) is 4. The van der Waals surface area contributed by atoms with Gasteiger partial charge in [0.25, 0.3) is 0 Å². The summed E-state index contributed by atoms with van der Waals surface area (Å²) in [4.78, 5) is 22.7. The lowest BCUT2D eigenvalue weighted by Crippen LogP contribution is -2.08. The smallest absolute Gasteiger partial charge is 0.341 e. The Morgan fingerprint density at radius 2 is 2.12 bits per heavy atom. The largest absolute Gasteiger partial charge is 0.507 e. The highest BCUT2D eigenvalue weighted by Gasteiger charge is 2.13. The quantitative estimate of drug-likeness (QED) is 0.668. The Kier molecular flexibility index (Phi) is 5.15. The highest BCUT2D eigenvalue weighted by atomic mass is 79.9. The molecule has 0 aliphatic heterocycles. The maximum atomic E-state index is 11.5. The van der Waals surface area contributed by atoms with Crippen LogP contribution < -0.4 is 0 Å². The number of carbonyl (C=O) groups is 2. The van der Waals surface area contributed by atoms with Gasteiger partial charge in [-0.05, 0) is 24.6 Å². The fourth-order valence-electron chi connectivity index (χ4n) is 1.34. The van der Waals surface area contributed by atoms with Crippen molar-refractivity contribution in [3.8, 4) is 5.75 Å². The number of phenols is 1. The normalized spacial score (nSPS) is 10.0. The maximum Gasteiger partial charge on any atom is 0.341 e. The van der Waals surface area contributed by atoms with E-state index >= 15 is 0 Å². The fourth-order valence-corrected chi connectivity index (χ4v) is 1.54. The highest BCUT2D eigenvalue weighted by Crippen LogP contribution is 2.20. The third-order valence-corrected chi connectivity index (χ3v) is 2.73. The number of rotatable bonds is 5. The molecule has 0 spiro atoms. The molecule has 1 aromatic carbocycles. The van der Waals surface area contributed by atoms with Crippen molar-refractivity contribution in [1.82, 2.24) is 0 Å². The van der Waals surface area contributed by atoms with Crippen molar-refractivity contribution >= 4 is 27.7 Å². The Balaban J connectivity index is 2.94. The number of ketones is 1. The van der Waals surface area contributed by atoms with E-state index in [1.54, 1.807) is 13.0 Å². The monoisotopic (exact) mass is 300 g/mol. The Morgan fingerprint density at radius 1 is 1.41 bits per heavy atom. The average molecular weight is 301 g/mol. The summed E-state index contributed by atoms with van der Waals surface area (Å²) in [7, 11) is 0. The zero-order valence-electron chi connectivity index (χ0n) is 9.40. The first kappa shape index (κ1) is 13.7. The molecular weight excluding hydrogens is 288 g/mol. The number of halogens is 1. The Hall–Kier alpha value is -1.36.